The summed E-state index contributed by atoms with van der Waals surface area (Å²) >= 11 is 6.01. The number of aromatic nitrogens is 2. The molecule has 2 amide bonds. The maximum Gasteiger partial charge on any atom is 0.278 e. The molecule has 4 aromatic rings. The van der Waals surface area contributed by atoms with Gasteiger partial charge >= 0.3 is 0 Å². The monoisotopic (exact) mass is 488 g/mol. The number of halogens is 1. The molecule has 0 atom stereocenters. The smallest absolute Gasteiger partial charge is 0.278 e. The molecule has 0 radical (unpaired) electrons. The molecule has 3 aromatic carbocycles. The van der Waals surface area contributed by atoms with Crippen LogP contribution in [0.1, 0.15) is 38.9 Å². The van der Waals surface area contributed by atoms with Gasteiger partial charge in [-0.1, -0.05) is 41.9 Å². The lowest BCUT2D eigenvalue weighted by Gasteiger charge is -2.11. The van der Waals surface area contributed by atoms with Crippen LogP contribution in [0.5, 0.6) is 5.75 Å². The molecule has 0 fully saturated rings. The van der Waals surface area contributed by atoms with Gasteiger partial charge in [0.25, 0.3) is 11.8 Å². The van der Waals surface area contributed by atoms with Gasteiger partial charge in [0.05, 0.1) is 5.69 Å². The Morgan fingerprint density at radius 3 is 2.51 bits per heavy atom. The summed E-state index contributed by atoms with van der Waals surface area (Å²) in [5, 5.41) is 10.6. The van der Waals surface area contributed by atoms with E-state index in [9.17, 15) is 9.59 Å². The lowest BCUT2D eigenvalue weighted by Crippen LogP contribution is -2.18. The van der Waals surface area contributed by atoms with E-state index in [1.807, 2.05) is 50.2 Å². The highest BCUT2D eigenvalue weighted by molar-refractivity contribution is 6.30. The molecule has 0 unspecified atom stereocenters. The molecule has 1 aromatic heterocycles. The van der Waals surface area contributed by atoms with Crippen molar-refractivity contribution in [3.8, 4) is 5.75 Å². The first kappa shape index (κ1) is 24.0. The second-order valence-electron chi connectivity index (χ2n) is 7.92. The number of para-hydroxylation sites is 1. The molecular formula is C27H25ClN4O3. The summed E-state index contributed by atoms with van der Waals surface area (Å²) in [5.41, 5.74) is 3.33. The number of nitrogens with zero attached hydrogens (tertiary/aromatic N) is 2. The maximum absolute atomic E-state index is 13.0. The molecule has 1 heterocycles. The van der Waals surface area contributed by atoms with E-state index in [1.165, 1.54) is 0 Å². The Morgan fingerprint density at radius 1 is 0.971 bits per heavy atom. The third-order valence-electron chi connectivity index (χ3n) is 5.30. The Labute approximate surface area is 208 Å². The number of amides is 2. The fourth-order valence-electron chi connectivity index (χ4n) is 3.49. The predicted octanol–water partition coefficient (Wildman–Crippen LogP) is 5.95. The average Bonchev–Trinajstić information content (AvgIpc) is 3.27. The number of carbonyl (C=O) groups excluding carboxylic acids is 2. The minimum absolute atomic E-state index is 0.141. The maximum atomic E-state index is 13.0. The van der Waals surface area contributed by atoms with E-state index in [0.717, 1.165) is 16.9 Å². The SMILES string of the molecule is CCn1cc(NC(=O)c2cccc(COc3ccc(Cl)cc3C)c2)c(C(=O)Nc2ccccc2)n1. The Kier molecular flexibility index (Phi) is 7.48. The van der Waals surface area contributed by atoms with Crippen molar-refractivity contribution < 1.29 is 14.3 Å². The first-order valence-corrected chi connectivity index (χ1v) is 11.5. The number of carbonyl (C=O) groups is 2. The number of anilines is 2. The molecule has 2 N–H and O–H groups in total. The summed E-state index contributed by atoms with van der Waals surface area (Å²) in [5.74, 6) is -0.0246. The number of rotatable bonds is 8. The lowest BCUT2D eigenvalue weighted by molar-refractivity contribution is 0.102. The van der Waals surface area contributed by atoms with Crippen LogP contribution >= 0.6 is 11.6 Å². The first-order valence-electron chi connectivity index (χ1n) is 11.2. The van der Waals surface area contributed by atoms with Gasteiger partial charge in [-0.2, -0.15) is 5.10 Å². The number of hydrogen-bond donors (Lipinski definition) is 2. The average molecular weight is 489 g/mol. The Bertz CT molecular complexity index is 1350. The van der Waals surface area contributed by atoms with E-state index in [-0.39, 0.29) is 11.6 Å². The molecule has 0 saturated heterocycles. The molecule has 0 spiro atoms. The second-order valence-corrected chi connectivity index (χ2v) is 8.36. The van der Waals surface area contributed by atoms with Crippen LogP contribution in [0.15, 0.2) is 79.0 Å². The van der Waals surface area contributed by atoms with Crippen LogP contribution in [0, 0.1) is 6.92 Å². The molecular weight excluding hydrogens is 464 g/mol. The number of hydrogen-bond acceptors (Lipinski definition) is 4. The third kappa shape index (κ3) is 6.07. The van der Waals surface area contributed by atoms with Crippen LogP contribution in [0.25, 0.3) is 0 Å². The summed E-state index contributed by atoms with van der Waals surface area (Å²) in [6.07, 6.45) is 1.65. The summed E-state index contributed by atoms with van der Waals surface area (Å²) in [7, 11) is 0. The van der Waals surface area contributed by atoms with Crippen molar-refractivity contribution in [1.29, 1.82) is 0 Å². The molecule has 0 bridgehead atoms. The summed E-state index contributed by atoms with van der Waals surface area (Å²) in [4.78, 5) is 25.9. The van der Waals surface area contributed by atoms with Gasteiger partial charge in [-0.05, 0) is 67.4 Å². The van der Waals surface area contributed by atoms with E-state index >= 15 is 0 Å². The van der Waals surface area contributed by atoms with Crippen molar-refractivity contribution in [2.24, 2.45) is 0 Å². The van der Waals surface area contributed by atoms with Crippen molar-refractivity contribution >= 4 is 34.8 Å². The minimum atomic E-state index is -0.404. The van der Waals surface area contributed by atoms with Crippen molar-refractivity contribution in [3.05, 3.63) is 106 Å². The van der Waals surface area contributed by atoms with Crippen molar-refractivity contribution in [1.82, 2.24) is 9.78 Å². The quantitative estimate of drug-likeness (QED) is 0.321. The van der Waals surface area contributed by atoms with Gasteiger partial charge in [0.1, 0.15) is 12.4 Å². The van der Waals surface area contributed by atoms with Gasteiger partial charge in [0, 0.05) is 29.0 Å². The van der Waals surface area contributed by atoms with E-state index in [2.05, 4.69) is 15.7 Å². The van der Waals surface area contributed by atoms with E-state index < -0.39 is 5.91 Å². The molecule has 4 rings (SSSR count). The molecule has 0 aliphatic rings. The molecule has 7 nitrogen and oxygen atoms in total. The van der Waals surface area contributed by atoms with Gasteiger partial charge in [-0.25, -0.2) is 0 Å². The van der Waals surface area contributed by atoms with Crippen LogP contribution in [-0.4, -0.2) is 21.6 Å². The van der Waals surface area contributed by atoms with Crippen LogP contribution in [0.4, 0.5) is 11.4 Å². The highest BCUT2D eigenvalue weighted by Crippen LogP contribution is 2.23. The summed E-state index contributed by atoms with van der Waals surface area (Å²) in [6, 6.07) is 21.7. The minimum Gasteiger partial charge on any atom is -0.489 e. The Hall–Kier alpha value is -4.10. The number of benzene rings is 3. The van der Waals surface area contributed by atoms with Crippen LogP contribution in [0.3, 0.4) is 0 Å². The summed E-state index contributed by atoms with van der Waals surface area (Å²) < 4.78 is 7.50. The van der Waals surface area contributed by atoms with Crippen molar-refractivity contribution in [2.75, 3.05) is 10.6 Å². The first-order chi connectivity index (χ1) is 16.9. The number of aryl methyl sites for hydroxylation is 2. The third-order valence-corrected chi connectivity index (χ3v) is 5.54. The van der Waals surface area contributed by atoms with Crippen molar-refractivity contribution in [3.63, 3.8) is 0 Å². The van der Waals surface area contributed by atoms with E-state index in [4.69, 9.17) is 16.3 Å². The van der Waals surface area contributed by atoms with Gasteiger partial charge < -0.3 is 15.4 Å². The topological polar surface area (TPSA) is 85.2 Å². The van der Waals surface area contributed by atoms with E-state index in [1.54, 1.807) is 47.3 Å². The fourth-order valence-corrected chi connectivity index (χ4v) is 3.71. The standard InChI is InChI=1S/C27H25ClN4O3/c1-3-32-16-23(25(31-32)27(34)29-22-10-5-4-6-11-22)30-26(33)20-9-7-8-19(15-20)17-35-24-13-12-21(28)14-18(24)2/h4-16H,3,17H2,1-2H3,(H,29,34)(H,30,33). The second kappa shape index (κ2) is 10.9. The number of ether oxygens (including phenoxy) is 1. The highest BCUT2D eigenvalue weighted by Gasteiger charge is 2.19. The number of nitrogens with one attached hydrogen (secondary N) is 2. The van der Waals surface area contributed by atoms with Crippen LogP contribution in [-0.2, 0) is 13.2 Å². The van der Waals surface area contributed by atoms with Crippen LogP contribution < -0.4 is 15.4 Å². The Morgan fingerprint density at radius 2 is 1.77 bits per heavy atom. The molecule has 178 valence electrons. The van der Waals surface area contributed by atoms with Gasteiger partial charge in [-0.3, -0.25) is 14.3 Å². The highest BCUT2D eigenvalue weighted by atomic mass is 35.5. The fraction of sp³-hybridized carbons (Fsp3) is 0.148. The zero-order valence-electron chi connectivity index (χ0n) is 19.4. The molecule has 0 saturated carbocycles. The zero-order chi connectivity index (χ0) is 24.8. The molecule has 35 heavy (non-hydrogen) atoms. The molecule has 8 heteroatoms. The van der Waals surface area contributed by atoms with Gasteiger partial charge in [-0.15, -0.1) is 0 Å². The molecule has 0 aliphatic heterocycles. The largest absolute Gasteiger partial charge is 0.489 e. The van der Waals surface area contributed by atoms with Crippen molar-refractivity contribution in [2.45, 2.75) is 27.0 Å². The summed E-state index contributed by atoms with van der Waals surface area (Å²) in [6.45, 7) is 4.68. The van der Waals surface area contributed by atoms with Gasteiger partial charge in [0.15, 0.2) is 5.69 Å². The zero-order valence-corrected chi connectivity index (χ0v) is 20.2. The van der Waals surface area contributed by atoms with E-state index in [0.29, 0.717) is 35.1 Å². The normalized spacial score (nSPS) is 10.6. The molecule has 0 aliphatic carbocycles. The van der Waals surface area contributed by atoms with Crippen LogP contribution in [0.2, 0.25) is 5.02 Å². The predicted molar refractivity (Wildman–Crippen MR) is 137 cm³/mol. The Balaban J connectivity index is 1.47. The van der Waals surface area contributed by atoms with Gasteiger partial charge in [0.2, 0.25) is 0 Å². The lowest BCUT2D eigenvalue weighted by atomic mass is 10.1.